The van der Waals surface area contributed by atoms with Gasteiger partial charge in [0.15, 0.2) is 37.9 Å². The van der Waals surface area contributed by atoms with Crippen LogP contribution in [0.4, 0.5) is 0 Å². The number of nitrogens with zero attached hydrogens (tertiary/aromatic N) is 2. The number of aromatic nitrogens is 2. The minimum absolute atomic E-state index is 0.223. The standard InChI is InChI=1S/C16H22N2O2/c19-13-1-7-17-9-3-15(4-10-17)16-5-11-18(12-6-16)8-2-14-20/h3-6,9-12,19-20H,1-2,7-8,13-14H2/q+2. The first-order valence-electron chi connectivity index (χ1n) is 7.04. The van der Waals surface area contributed by atoms with E-state index in [1.807, 2.05) is 24.8 Å². The first-order valence-corrected chi connectivity index (χ1v) is 7.04. The Morgan fingerprint density at radius 1 is 0.650 bits per heavy atom. The molecule has 4 nitrogen and oxygen atoms in total. The maximum Gasteiger partial charge on any atom is 0.169 e. The fraction of sp³-hybridized carbons (Fsp3) is 0.375. The number of aliphatic hydroxyl groups excluding tert-OH is 2. The zero-order valence-electron chi connectivity index (χ0n) is 11.7. The van der Waals surface area contributed by atoms with Crippen LogP contribution in [0.2, 0.25) is 0 Å². The molecule has 2 aromatic heterocycles. The summed E-state index contributed by atoms with van der Waals surface area (Å²) in [6, 6.07) is 8.35. The molecule has 2 aromatic rings. The van der Waals surface area contributed by atoms with Gasteiger partial charge in [-0.25, -0.2) is 9.13 Å². The van der Waals surface area contributed by atoms with Crippen molar-refractivity contribution < 1.29 is 19.3 Å². The van der Waals surface area contributed by atoms with Gasteiger partial charge in [0.05, 0.1) is 0 Å². The highest BCUT2D eigenvalue weighted by Crippen LogP contribution is 2.15. The highest BCUT2D eigenvalue weighted by molar-refractivity contribution is 5.60. The van der Waals surface area contributed by atoms with E-state index in [-0.39, 0.29) is 13.2 Å². The van der Waals surface area contributed by atoms with Gasteiger partial charge in [-0.2, -0.15) is 0 Å². The Balaban J connectivity index is 2.03. The molecule has 0 saturated carbocycles. The van der Waals surface area contributed by atoms with Crippen molar-refractivity contribution >= 4 is 0 Å². The summed E-state index contributed by atoms with van der Waals surface area (Å²) in [5, 5.41) is 17.6. The van der Waals surface area contributed by atoms with E-state index in [0.29, 0.717) is 0 Å². The lowest BCUT2D eigenvalue weighted by atomic mass is 10.1. The predicted molar refractivity (Wildman–Crippen MR) is 75.7 cm³/mol. The number of hydrogen-bond donors (Lipinski definition) is 2. The average molecular weight is 274 g/mol. The van der Waals surface area contributed by atoms with Gasteiger partial charge < -0.3 is 10.2 Å². The van der Waals surface area contributed by atoms with E-state index in [9.17, 15) is 0 Å². The molecule has 0 unspecified atom stereocenters. The Labute approximate surface area is 119 Å². The van der Waals surface area contributed by atoms with Crippen LogP contribution in [0, 0.1) is 0 Å². The molecule has 0 aliphatic carbocycles. The molecule has 106 valence electrons. The topological polar surface area (TPSA) is 48.2 Å². The molecular formula is C16H22N2O2+2. The summed E-state index contributed by atoms with van der Waals surface area (Å²) < 4.78 is 4.15. The Morgan fingerprint density at radius 3 is 1.30 bits per heavy atom. The molecule has 20 heavy (non-hydrogen) atoms. The van der Waals surface area contributed by atoms with Crippen LogP contribution in [0.15, 0.2) is 49.1 Å². The molecule has 2 heterocycles. The van der Waals surface area contributed by atoms with Crippen LogP contribution in [0.1, 0.15) is 12.8 Å². The van der Waals surface area contributed by atoms with Crippen LogP contribution in [0.25, 0.3) is 11.1 Å². The Morgan fingerprint density at radius 2 is 1.00 bits per heavy atom. The summed E-state index contributed by atoms with van der Waals surface area (Å²) >= 11 is 0. The largest absolute Gasteiger partial charge is 0.396 e. The molecule has 0 saturated heterocycles. The molecule has 0 aliphatic rings. The van der Waals surface area contributed by atoms with Crippen LogP contribution >= 0.6 is 0 Å². The molecule has 0 aliphatic heterocycles. The van der Waals surface area contributed by atoms with Crippen molar-refractivity contribution in [2.75, 3.05) is 13.2 Å². The van der Waals surface area contributed by atoms with Crippen LogP contribution in [0.3, 0.4) is 0 Å². The van der Waals surface area contributed by atoms with Crippen molar-refractivity contribution in [3.63, 3.8) is 0 Å². The zero-order chi connectivity index (χ0) is 14.2. The minimum atomic E-state index is 0.223. The third-order valence-corrected chi connectivity index (χ3v) is 3.26. The van der Waals surface area contributed by atoms with Crippen molar-refractivity contribution in [2.24, 2.45) is 0 Å². The lowest BCUT2D eigenvalue weighted by Crippen LogP contribution is -2.33. The Bertz CT molecular complexity index is 460. The molecule has 0 bridgehead atoms. The van der Waals surface area contributed by atoms with Crippen molar-refractivity contribution in [2.45, 2.75) is 25.9 Å². The summed E-state index contributed by atoms with van der Waals surface area (Å²) in [5.41, 5.74) is 2.36. The van der Waals surface area contributed by atoms with E-state index in [1.54, 1.807) is 0 Å². The third kappa shape index (κ3) is 4.11. The van der Waals surface area contributed by atoms with E-state index >= 15 is 0 Å². The van der Waals surface area contributed by atoms with Gasteiger partial charge in [0.25, 0.3) is 0 Å². The van der Waals surface area contributed by atoms with Gasteiger partial charge in [-0.3, -0.25) is 0 Å². The first-order chi connectivity index (χ1) is 9.83. The lowest BCUT2D eigenvalue weighted by Gasteiger charge is -2.01. The van der Waals surface area contributed by atoms with Gasteiger partial charge in [0, 0.05) is 50.3 Å². The highest BCUT2D eigenvalue weighted by Gasteiger charge is 2.05. The van der Waals surface area contributed by atoms with Gasteiger partial charge in [0.1, 0.15) is 0 Å². The molecular weight excluding hydrogens is 252 g/mol. The van der Waals surface area contributed by atoms with Crippen molar-refractivity contribution in [1.29, 1.82) is 0 Å². The zero-order valence-corrected chi connectivity index (χ0v) is 11.7. The molecule has 0 amide bonds. The molecule has 0 fully saturated rings. The second kappa shape index (κ2) is 7.72. The van der Waals surface area contributed by atoms with Gasteiger partial charge in [-0.1, -0.05) is 0 Å². The summed E-state index contributed by atoms with van der Waals surface area (Å²) in [6.45, 7) is 2.13. The fourth-order valence-electron chi connectivity index (χ4n) is 2.10. The smallest absolute Gasteiger partial charge is 0.169 e. The van der Waals surface area contributed by atoms with E-state index in [0.717, 1.165) is 25.9 Å². The molecule has 0 spiro atoms. The predicted octanol–water partition coefficient (Wildman–Crippen LogP) is 0.693. The van der Waals surface area contributed by atoms with E-state index in [2.05, 4.69) is 33.4 Å². The summed E-state index contributed by atoms with van der Waals surface area (Å²) in [5.74, 6) is 0. The molecule has 2 N–H and O–H groups in total. The minimum Gasteiger partial charge on any atom is -0.396 e. The van der Waals surface area contributed by atoms with Crippen LogP contribution in [0.5, 0.6) is 0 Å². The Kier molecular flexibility index (Phi) is 5.65. The molecule has 0 aromatic carbocycles. The summed E-state index contributed by atoms with van der Waals surface area (Å²) in [7, 11) is 0. The second-order valence-corrected chi connectivity index (χ2v) is 4.80. The monoisotopic (exact) mass is 274 g/mol. The van der Waals surface area contributed by atoms with Gasteiger partial charge >= 0.3 is 0 Å². The molecule has 0 atom stereocenters. The number of pyridine rings is 2. The van der Waals surface area contributed by atoms with Crippen LogP contribution in [-0.4, -0.2) is 23.4 Å². The van der Waals surface area contributed by atoms with Gasteiger partial charge in [-0.05, 0) is 11.1 Å². The summed E-state index contributed by atoms with van der Waals surface area (Å²) in [6.07, 6.45) is 9.71. The number of hydrogen-bond acceptors (Lipinski definition) is 2. The average Bonchev–Trinajstić information content (AvgIpc) is 2.52. The van der Waals surface area contributed by atoms with Crippen molar-refractivity contribution in [3.8, 4) is 11.1 Å². The quantitative estimate of drug-likeness (QED) is 0.730. The third-order valence-electron chi connectivity index (χ3n) is 3.26. The number of aliphatic hydroxyl groups is 2. The molecule has 2 rings (SSSR count). The maximum absolute atomic E-state index is 8.82. The number of rotatable bonds is 7. The van der Waals surface area contributed by atoms with E-state index in [1.165, 1.54) is 11.1 Å². The van der Waals surface area contributed by atoms with Gasteiger partial charge in [0.2, 0.25) is 0 Å². The Hall–Kier alpha value is -1.78. The lowest BCUT2D eigenvalue weighted by molar-refractivity contribution is -0.697. The van der Waals surface area contributed by atoms with Crippen LogP contribution < -0.4 is 9.13 Å². The SMILES string of the molecule is OCCC[n+]1ccc(-c2cc[n+](CCCO)cc2)cc1. The maximum atomic E-state index is 8.82. The first kappa shape index (κ1) is 14.6. The van der Waals surface area contributed by atoms with Crippen molar-refractivity contribution in [3.05, 3.63) is 49.1 Å². The summed E-state index contributed by atoms with van der Waals surface area (Å²) in [4.78, 5) is 0. The number of aryl methyl sites for hydroxylation is 2. The fourth-order valence-corrected chi connectivity index (χ4v) is 2.10. The van der Waals surface area contributed by atoms with Crippen LogP contribution in [-0.2, 0) is 13.1 Å². The van der Waals surface area contributed by atoms with Crippen molar-refractivity contribution in [1.82, 2.24) is 0 Å². The molecule has 0 radical (unpaired) electrons. The van der Waals surface area contributed by atoms with Gasteiger partial charge in [-0.15, -0.1) is 0 Å². The molecule has 4 heteroatoms. The van der Waals surface area contributed by atoms with E-state index in [4.69, 9.17) is 10.2 Å². The van der Waals surface area contributed by atoms with E-state index < -0.39 is 0 Å². The normalized spacial score (nSPS) is 10.7. The highest BCUT2D eigenvalue weighted by atomic mass is 16.3. The second-order valence-electron chi connectivity index (χ2n) is 4.80.